The van der Waals surface area contributed by atoms with E-state index >= 15 is 0 Å². The van der Waals surface area contributed by atoms with Crippen molar-refractivity contribution in [1.82, 2.24) is 24.8 Å². The van der Waals surface area contributed by atoms with Crippen LogP contribution in [0.15, 0.2) is 18.5 Å². The fourth-order valence-electron chi connectivity index (χ4n) is 2.93. The number of ether oxygens (including phenoxy) is 1. The Morgan fingerprint density at radius 3 is 3.08 bits per heavy atom. The van der Waals surface area contributed by atoms with Crippen molar-refractivity contribution in [3.8, 4) is 0 Å². The molecule has 1 saturated heterocycles. The average molecular weight is 333 g/mol. The van der Waals surface area contributed by atoms with E-state index in [0.717, 1.165) is 5.82 Å². The molecule has 0 amide bonds. The summed E-state index contributed by atoms with van der Waals surface area (Å²) in [5, 5.41) is 13.5. The zero-order valence-corrected chi connectivity index (χ0v) is 13.6. The van der Waals surface area contributed by atoms with E-state index in [0.29, 0.717) is 43.0 Å². The summed E-state index contributed by atoms with van der Waals surface area (Å²) in [6.45, 7) is 3.62. The lowest BCUT2D eigenvalue weighted by atomic mass is 10.2. The van der Waals surface area contributed by atoms with Gasteiger partial charge in [0.25, 0.3) is 0 Å². The second kappa shape index (κ2) is 7.22. The number of rotatable bonds is 6. The molecule has 6 N–H and O–H groups in total. The third-order valence-corrected chi connectivity index (χ3v) is 4.08. The van der Waals surface area contributed by atoms with E-state index in [9.17, 15) is 5.11 Å². The fourth-order valence-corrected chi connectivity index (χ4v) is 2.93. The molecule has 9 nitrogen and oxygen atoms in total. The van der Waals surface area contributed by atoms with Crippen LogP contribution in [0.2, 0.25) is 0 Å². The van der Waals surface area contributed by atoms with E-state index < -0.39 is 6.10 Å². The fraction of sp³-hybridized carbons (Fsp3) is 0.533. The van der Waals surface area contributed by atoms with Gasteiger partial charge in [0, 0.05) is 26.1 Å². The number of nitrogens with zero attached hydrogens (tertiary/aromatic N) is 4. The normalized spacial score (nSPS) is 24.4. The summed E-state index contributed by atoms with van der Waals surface area (Å²) in [6.07, 6.45) is 4.53. The summed E-state index contributed by atoms with van der Waals surface area (Å²) in [4.78, 5) is 12.6. The maximum absolute atomic E-state index is 10.3. The minimum absolute atomic E-state index is 0.294. The van der Waals surface area contributed by atoms with Crippen LogP contribution in [0.5, 0.6) is 0 Å². The largest absolute Gasteiger partial charge is 0.390 e. The quantitative estimate of drug-likeness (QED) is 0.409. The SMILES string of the molecule is Cc1nc2c(N)ncnc2n1[C@H]1CC(O)[C@@H](CNC/C=C\CN)O1. The summed E-state index contributed by atoms with van der Waals surface area (Å²) < 4.78 is 7.88. The molecule has 2 aromatic heterocycles. The maximum atomic E-state index is 10.3. The van der Waals surface area contributed by atoms with Crippen molar-refractivity contribution < 1.29 is 9.84 Å². The summed E-state index contributed by atoms with van der Waals surface area (Å²) in [5.41, 5.74) is 12.4. The lowest BCUT2D eigenvalue weighted by Gasteiger charge is -2.17. The van der Waals surface area contributed by atoms with Crippen molar-refractivity contribution in [2.75, 3.05) is 25.4 Å². The number of imidazole rings is 1. The molecule has 3 heterocycles. The van der Waals surface area contributed by atoms with E-state index in [2.05, 4.69) is 20.3 Å². The van der Waals surface area contributed by atoms with Crippen molar-refractivity contribution >= 4 is 17.0 Å². The first-order valence-electron chi connectivity index (χ1n) is 7.96. The van der Waals surface area contributed by atoms with Gasteiger partial charge in [-0.15, -0.1) is 0 Å². The molecule has 0 radical (unpaired) electrons. The minimum Gasteiger partial charge on any atom is -0.390 e. The predicted octanol–water partition coefficient (Wildman–Crippen LogP) is -0.530. The van der Waals surface area contributed by atoms with E-state index in [1.54, 1.807) is 0 Å². The lowest BCUT2D eigenvalue weighted by Crippen LogP contribution is -2.33. The molecule has 1 unspecified atom stereocenters. The highest BCUT2D eigenvalue weighted by molar-refractivity contribution is 5.81. The first kappa shape index (κ1) is 16.8. The smallest absolute Gasteiger partial charge is 0.167 e. The topological polar surface area (TPSA) is 137 Å². The first-order valence-corrected chi connectivity index (χ1v) is 7.96. The van der Waals surface area contributed by atoms with Gasteiger partial charge in [0.05, 0.1) is 12.2 Å². The van der Waals surface area contributed by atoms with Crippen LogP contribution in [0.25, 0.3) is 11.2 Å². The zero-order valence-electron chi connectivity index (χ0n) is 13.6. The molecule has 1 fully saturated rings. The molecule has 24 heavy (non-hydrogen) atoms. The number of aliphatic hydroxyl groups is 1. The monoisotopic (exact) mass is 333 g/mol. The molecule has 2 aromatic rings. The highest BCUT2D eigenvalue weighted by atomic mass is 16.5. The number of fused-ring (bicyclic) bond motifs is 1. The van der Waals surface area contributed by atoms with Gasteiger partial charge in [0.15, 0.2) is 17.0 Å². The van der Waals surface area contributed by atoms with Crippen LogP contribution in [0.3, 0.4) is 0 Å². The molecular formula is C15H23N7O2. The zero-order chi connectivity index (χ0) is 17.1. The first-order chi connectivity index (χ1) is 11.6. The van der Waals surface area contributed by atoms with Gasteiger partial charge < -0.3 is 26.6 Å². The Morgan fingerprint density at radius 2 is 2.29 bits per heavy atom. The highest BCUT2D eigenvalue weighted by Gasteiger charge is 2.36. The van der Waals surface area contributed by atoms with Crippen molar-refractivity contribution in [3.05, 3.63) is 24.3 Å². The molecule has 0 aliphatic carbocycles. The Balaban J connectivity index is 1.72. The van der Waals surface area contributed by atoms with Crippen LogP contribution in [0.4, 0.5) is 5.82 Å². The van der Waals surface area contributed by atoms with Gasteiger partial charge in [-0.05, 0) is 6.92 Å². The lowest BCUT2D eigenvalue weighted by molar-refractivity contribution is -0.0160. The number of nitrogens with one attached hydrogen (secondary N) is 1. The van der Waals surface area contributed by atoms with Crippen LogP contribution in [0.1, 0.15) is 18.5 Å². The van der Waals surface area contributed by atoms with Crippen molar-refractivity contribution in [1.29, 1.82) is 0 Å². The summed E-state index contributed by atoms with van der Waals surface area (Å²) in [6, 6.07) is 0. The van der Waals surface area contributed by atoms with E-state index in [1.165, 1.54) is 6.33 Å². The van der Waals surface area contributed by atoms with Gasteiger partial charge in [-0.2, -0.15) is 0 Å². The third kappa shape index (κ3) is 3.24. The molecule has 3 atom stereocenters. The summed E-state index contributed by atoms with van der Waals surface area (Å²) >= 11 is 0. The van der Waals surface area contributed by atoms with Gasteiger partial charge in [-0.25, -0.2) is 15.0 Å². The molecular weight excluding hydrogens is 310 g/mol. The number of anilines is 1. The molecule has 0 bridgehead atoms. The predicted molar refractivity (Wildman–Crippen MR) is 90.1 cm³/mol. The summed E-state index contributed by atoms with van der Waals surface area (Å²) in [5.74, 6) is 1.07. The van der Waals surface area contributed by atoms with Crippen LogP contribution < -0.4 is 16.8 Å². The maximum Gasteiger partial charge on any atom is 0.167 e. The number of aliphatic hydroxyl groups excluding tert-OH is 1. The van der Waals surface area contributed by atoms with Crippen LogP contribution in [-0.4, -0.2) is 56.5 Å². The summed E-state index contributed by atoms with van der Waals surface area (Å²) in [7, 11) is 0. The third-order valence-electron chi connectivity index (χ3n) is 4.08. The molecule has 1 aliphatic rings. The van der Waals surface area contributed by atoms with Crippen LogP contribution >= 0.6 is 0 Å². The molecule has 130 valence electrons. The second-order valence-corrected chi connectivity index (χ2v) is 5.76. The molecule has 1 aliphatic heterocycles. The highest BCUT2D eigenvalue weighted by Crippen LogP contribution is 2.32. The van der Waals surface area contributed by atoms with Crippen molar-refractivity contribution in [2.45, 2.75) is 31.8 Å². The molecule has 0 aromatic carbocycles. The van der Waals surface area contributed by atoms with Crippen molar-refractivity contribution in [3.63, 3.8) is 0 Å². The number of nitrogen functional groups attached to an aromatic ring is 1. The second-order valence-electron chi connectivity index (χ2n) is 5.76. The van der Waals surface area contributed by atoms with E-state index in [1.807, 2.05) is 23.6 Å². The number of aryl methyl sites for hydroxylation is 1. The standard InChI is InChI=1S/C15H23N7O2/c1-9-21-13-14(17)19-8-20-15(13)22(9)12-6-10(23)11(24-12)7-18-5-3-2-4-16/h2-3,8,10-12,18,23H,4-7,16H2,1H3,(H2,17,19,20)/b3-2-/t10?,11-,12-/m1/s1. The number of aromatic nitrogens is 4. The van der Waals surface area contributed by atoms with Gasteiger partial charge in [-0.1, -0.05) is 12.2 Å². The number of nitrogens with two attached hydrogens (primary N) is 2. The molecule has 9 heteroatoms. The number of hydrogen-bond donors (Lipinski definition) is 4. The molecule has 0 saturated carbocycles. The molecule has 0 spiro atoms. The Labute approximate surface area is 139 Å². The Kier molecular flexibility index (Phi) is 5.05. The Bertz CT molecular complexity index is 730. The van der Waals surface area contributed by atoms with Gasteiger partial charge >= 0.3 is 0 Å². The Hall–Kier alpha value is -2.07. The average Bonchev–Trinajstić information content (AvgIpc) is 3.07. The van der Waals surface area contributed by atoms with Gasteiger partial charge in [0.1, 0.15) is 18.4 Å². The van der Waals surface area contributed by atoms with Crippen LogP contribution in [0, 0.1) is 6.92 Å². The van der Waals surface area contributed by atoms with Gasteiger partial charge in [0.2, 0.25) is 0 Å². The Morgan fingerprint density at radius 1 is 1.46 bits per heavy atom. The van der Waals surface area contributed by atoms with Gasteiger partial charge in [-0.3, -0.25) is 4.57 Å². The van der Waals surface area contributed by atoms with E-state index in [-0.39, 0.29) is 12.3 Å². The molecule has 3 rings (SSSR count). The van der Waals surface area contributed by atoms with Crippen LogP contribution in [-0.2, 0) is 4.74 Å². The van der Waals surface area contributed by atoms with E-state index in [4.69, 9.17) is 16.2 Å². The number of hydrogen-bond acceptors (Lipinski definition) is 8. The van der Waals surface area contributed by atoms with Crippen molar-refractivity contribution in [2.24, 2.45) is 5.73 Å². The minimum atomic E-state index is -0.558.